The minimum absolute atomic E-state index is 0.0520. The molecule has 178 valence electrons. The molecule has 0 unspecified atom stereocenters. The number of benzene rings is 1. The second kappa shape index (κ2) is 8.20. The molecule has 1 fully saturated rings. The average molecular weight is 461 g/mol. The van der Waals surface area contributed by atoms with E-state index in [0.717, 1.165) is 40.7 Å². The van der Waals surface area contributed by atoms with Crippen molar-refractivity contribution in [3.8, 4) is 34.0 Å². The van der Waals surface area contributed by atoms with E-state index in [-0.39, 0.29) is 11.1 Å². The van der Waals surface area contributed by atoms with E-state index in [1.807, 2.05) is 12.3 Å². The molecule has 1 N–H and O–H groups in total. The van der Waals surface area contributed by atoms with Gasteiger partial charge in [0.05, 0.1) is 18.9 Å². The van der Waals surface area contributed by atoms with Crippen molar-refractivity contribution in [1.82, 2.24) is 25.5 Å². The Balaban J connectivity index is 1.42. The summed E-state index contributed by atoms with van der Waals surface area (Å²) >= 11 is 0. The first-order valence-electron chi connectivity index (χ1n) is 11.7. The van der Waals surface area contributed by atoms with Gasteiger partial charge in [0.2, 0.25) is 17.7 Å². The van der Waals surface area contributed by atoms with E-state index < -0.39 is 0 Å². The minimum atomic E-state index is 0.0520. The van der Waals surface area contributed by atoms with Gasteiger partial charge >= 0.3 is 0 Å². The van der Waals surface area contributed by atoms with Gasteiger partial charge in [0.25, 0.3) is 0 Å². The Hall–Kier alpha value is -3.26. The molecule has 0 amide bonds. The maximum atomic E-state index is 6.10. The molecule has 0 radical (unpaired) electrons. The van der Waals surface area contributed by atoms with Crippen molar-refractivity contribution in [2.24, 2.45) is 0 Å². The summed E-state index contributed by atoms with van der Waals surface area (Å²) in [5.41, 5.74) is 5.19. The summed E-state index contributed by atoms with van der Waals surface area (Å²) in [4.78, 5) is 11.8. The third-order valence-corrected chi connectivity index (χ3v) is 6.71. The summed E-state index contributed by atoms with van der Waals surface area (Å²) in [5.74, 6) is 1.83. The molecule has 0 bridgehead atoms. The highest BCUT2D eigenvalue weighted by molar-refractivity contribution is 5.77. The standard InChI is InChI=1S/C26H32N6O2/c1-25(2)11-19(12-26(3,4)31-25)32(5)24-27-14-21-20-8-7-16(9-18(20)15-34-23(21)29-24)17-10-22(33-6)30-28-13-17/h7-10,13-14,19,31H,11-12,15H2,1-6H3. The fourth-order valence-electron chi connectivity index (χ4n) is 5.43. The number of anilines is 1. The van der Waals surface area contributed by atoms with Gasteiger partial charge in [-0.25, -0.2) is 4.98 Å². The Kier molecular flexibility index (Phi) is 5.43. The molecule has 5 rings (SSSR count). The van der Waals surface area contributed by atoms with Crippen molar-refractivity contribution in [1.29, 1.82) is 0 Å². The smallest absolute Gasteiger partial charge is 0.233 e. The SMILES string of the molecule is COc1cc(-c2ccc3c(c2)COc2nc(N(C)C4CC(C)(C)NC(C)(C)C4)ncc2-3)cnn1. The summed E-state index contributed by atoms with van der Waals surface area (Å²) < 4.78 is 11.3. The van der Waals surface area contributed by atoms with Gasteiger partial charge in [0.1, 0.15) is 6.61 Å². The van der Waals surface area contributed by atoms with Crippen molar-refractivity contribution in [2.45, 2.75) is 64.3 Å². The monoisotopic (exact) mass is 460 g/mol. The molecule has 0 aliphatic carbocycles. The molecule has 0 atom stereocenters. The van der Waals surface area contributed by atoms with Crippen molar-refractivity contribution in [2.75, 3.05) is 19.1 Å². The largest absolute Gasteiger partial charge is 0.480 e. The maximum absolute atomic E-state index is 6.10. The predicted molar refractivity (Wildman–Crippen MR) is 132 cm³/mol. The van der Waals surface area contributed by atoms with Gasteiger partial charge in [-0.1, -0.05) is 12.1 Å². The zero-order valence-electron chi connectivity index (χ0n) is 20.7. The third-order valence-electron chi connectivity index (χ3n) is 6.71. The van der Waals surface area contributed by atoms with Crippen molar-refractivity contribution < 1.29 is 9.47 Å². The molecule has 1 aromatic carbocycles. The molecule has 34 heavy (non-hydrogen) atoms. The highest BCUT2D eigenvalue weighted by Crippen LogP contribution is 2.39. The molecular formula is C26H32N6O2. The molecular weight excluding hydrogens is 428 g/mol. The predicted octanol–water partition coefficient (Wildman–Crippen LogP) is 4.25. The summed E-state index contributed by atoms with van der Waals surface area (Å²) in [6.45, 7) is 9.49. The van der Waals surface area contributed by atoms with Crippen LogP contribution in [0.4, 0.5) is 5.95 Å². The molecule has 3 aromatic rings. The number of aromatic nitrogens is 4. The lowest BCUT2D eigenvalue weighted by molar-refractivity contribution is 0.160. The summed E-state index contributed by atoms with van der Waals surface area (Å²) in [6, 6.07) is 8.51. The molecule has 2 aliphatic heterocycles. The van der Waals surface area contributed by atoms with E-state index in [1.54, 1.807) is 13.3 Å². The fourth-order valence-corrected chi connectivity index (χ4v) is 5.43. The van der Waals surface area contributed by atoms with E-state index in [1.165, 1.54) is 0 Å². The summed E-state index contributed by atoms with van der Waals surface area (Å²) in [7, 11) is 3.67. The van der Waals surface area contributed by atoms with Crippen LogP contribution < -0.4 is 19.7 Å². The van der Waals surface area contributed by atoms with Crippen molar-refractivity contribution in [3.05, 3.63) is 42.2 Å². The van der Waals surface area contributed by atoms with Gasteiger partial charge in [-0.15, -0.1) is 5.10 Å². The van der Waals surface area contributed by atoms with Crippen LogP contribution in [0.3, 0.4) is 0 Å². The van der Waals surface area contributed by atoms with Crippen LogP contribution in [0.15, 0.2) is 36.7 Å². The zero-order chi connectivity index (χ0) is 24.1. The number of ether oxygens (including phenoxy) is 2. The topological polar surface area (TPSA) is 85.3 Å². The lowest BCUT2D eigenvalue weighted by atomic mass is 9.79. The highest BCUT2D eigenvalue weighted by Gasteiger charge is 2.40. The molecule has 8 nitrogen and oxygen atoms in total. The Bertz CT molecular complexity index is 1210. The van der Waals surface area contributed by atoms with Crippen LogP contribution in [0.5, 0.6) is 11.8 Å². The quantitative estimate of drug-likeness (QED) is 0.619. The zero-order valence-corrected chi connectivity index (χ0v) is 20.7. The Morgan fingerprint density at radius 1 is 1.03 bits per heavy atom. The minimum Gasteiger partial charge on any atom is -0.480 e. The molecule has 2 aliphatic rings. The lowest BCUT2D eigenvalue weighted by Crippen LogP contribution is -2.62. The van der Waals surface area contributed by atoms with Crippen LogP contribution in [-0.4, -0.2) is 51.4 Å². The number of rotatable bonds is 4. The Morgan fingerprint density at radius 2 is 1.79 bits per heavy atom. The van der Waals surface area contributed by atoms with Gasteiger partial charge in [-0.2, -0.15) is 10.1 Å². The number of nitrogens with one attached hydrogen (secondary N) is 1. The average Bonchev–Trinajstić information content (AvgIpc) is 2.80. The first kappa shape index (κ1) is 22.5. The molecule has 1 saturated heterocycles. The third kappa shape index (κ3) is 4.30. The van der Waals surface area contributed by atoms with Gasteiger partial charge in [0.15, 0.2) is 0 Å². The molecule has 2 aromatic heterocycles. The lowest BCUT2D eigenvalue weighted by Gasteiger charge is -2.48. The second-order valence-electron chi connectivity index (χ2n) is 10.6. The Morgan fingerprint density at radius 3 is 2.53 bits per heavy atom. The van der Waals surface area contributed by atoms with Crippen LogP contribution in [0.1, 0.15) is 46.1 Å². The van der Waals surface area contributed by atoms with E-state index in [9.17, 15) is 0 Å². The van der Waals surface area contributed by atoms with Crippen LogP contribution in [0.25, 0.3) is 22.3 Å². The van der Waals surface area contributed by atoms with Crippen LogP contribution >= 0.6 is 0 Å². The molecule has 8 heteroatoms. The molecule has 0 saturated carbocycles. The second-order valence-corrected chi connectivity index (χ2v) is 10.6. The first-order valence-corrected chi connectivity index (χ1v) is 11.7. The number of nitrogens with zero attached hydrogens (tertiary/aromatic N) is 5. The number of hydrogen-bond donors (Lipinski definition) is 1. The number of methoxy groups -OCH3 is 1. The normalized spacial score (nSPS) is 18.4. The van der Waals surface area contributed by atoms with Gasteiger partial charge in [-0.05, 0) is 63.3 Å². The van der Waals surface area contributed by atoms with Gasteiger partial charge in [-0.3, -0.25) is 0 Å². The highest BCUT2D eigenvalue weighted by atomic mass is 16.5. The van der Waals surface area contributed by atoms with Crippen molar-refractivity contribution in [3.63, 3.8) is 0 Å². The first-order chi connectivity index (χ1) is 16.1. The number of fused-ring (bicyclic) bond motifs is 3. The van der Waals surface area contributed by atoms with E-state index >= 15 is 0 Å². The Labute approximate surface area is 200 Å². The van der Waals surface area contributed by atoms with E-state index in [2.05, 4.69) is 73.4 Å². The van der Waals surface area contributed by atoms with E-state index in [0.29, 0.717) is 30.4 Å². The van der Waals surface area contributed by atoms with Crippen LogP contribution in [-0.2, 0) is 6.61 Å². The fraction of sp³-hybridized carbons (Fsp3) is 0.462. The summed E-state index contributed by atoms with van der Waals surface area (Å²) in [6.07, 6.45) is 5.67. The van der Waals surface area contributed by atoms with Crippen molar-refractivity contribution >= 4 is 5.95 Å². The van der Waals surface area contributed by atoms with Crippen LogP contribution in [0, 0.1) is 0 Å². The van der Waals surface area contributed by atoms with Crippen LogP contribution in [0.2, 0.25) is 0 Å². The van der Waals surface area contributed by atoms with Gasteiger partial charge < -0.3 is 19.7 Å². The summed E-state index contributed by atoms with van der Waals surface area (Å²) in [5, 5.41) is 11.7. The molecule has 0 spiro atoms. The maximum Gasteiger partial charge on any atom is 0.233 e. The molecule has 4 heterocycles. The van der Waals surface area contributed by atoms with E-state index in [4.69, 9.17) is 19.4 Å². The van der Waals surface area contributed by atoms with Gasteiger partial charge in [0, 0.05) is 42.0 Å². The number of hydrogen-bond acceptors (Lipinski definition) is 8. The number of piperidine rings is 1.